The number of nitrogens with zero attached hydrogens (tertiary/aromatic N) is 1. The summed E-state index contributed by atoms with van der Waals surface area (Å²) in [4.78, 5) is 4.23. The van der Waals surface area contributed by atoms with Gasteiger partial charge in [-0.15, -0.1) is 11.3 Å². The molecular formula is C17H25NO2SSi. The Morgan fingerprint density at radius 1 is 1.32 bits per heavy atom. The molecule has 1 aromatic heterocycles. The van der Waals surface area contributed by atoms with Crippen molar-refractivity contribution in [3.63, 3.8) is 0 Å². The van der Waals surface area contributed by atoms with E-state index >= 15 is 0 Å². The molecule has 0 spiro atoms. The zero-order chi connectivity index (χ0) is 16.4. The maximum absolute atomic E-state index is 10.4. The van der Waals surface area contributed by atoms with Gasteiger partial charge in [0, 0.05) is 18.0 Å². The summed E-state index contributed by atoms with van der Waals surface area (Å²) in [6.45, 7) is 11.1. The lowest BCUT2D eigenvalue weighted by molar-refractivity contribution is 0.178. The third-order valence-corrected chi connectivity index (χ3v) is 9.43. The third kappa shape index (κ3) is 4.18. The van der Waals surface area contributed by atoms with Crippen molar-refractivity contribution in [1.82, 2.24) is 4.98 Å². The zero-order valence-electron chi connectivity index (χ0n) is 14.0. The van der Waals surface area contributed by atoms with Crippen LogP contribution >= 0.6 is 11.3 Å². The van der Waals surface area contributed by atoms with E-state index in [1.54, 1.807) is 17.5 Å². The van der Waals surface area contributed by atoms with Crippen LogP contribution in [0.4, 0.5) is 0 Å². The topological polar surface area (TPSA) is 42.4 Å². The van der Waals surface area contributed by atoms with E-state index in [9.17, 15) is 5.11 Å². The molecule has 1 atom stereocenters. The lowest BCUT2D eigenvalue weighted by atomic mass is 10.1. The van der Waals surface area contributed by atoms with E-state index in [1.807, 2.05) is 29.6 Å². The smallest absolute Gasteiger partial charge is 0.250 e. The predicted octanol–water partition coefficient (Wildman–Crippen LogP) is 4.80. The van der Waals surface area contributed by atoms with Gasteiger partial charge in [-0.1, -0.05) is 32.9 Å². The van der Waals surface area contributed by atoms with Gasteiger partial charge in [0.25, 0.3) is 0 Å². The quantitative estimate of drug-likeness (QED) is 0.798. The normalized spacial score (nSPS) is 13.9. The van der Waals surface area contributed by atoms with Crippen LogP contribution in [0, 0.1) is 0 Å². The molecule has 1 unspecified atom stereocenters. The number of rotatable bonds is 5. The number of aliphatic hydroxyl groups excluding tert-OH is 1. The Morgan fingerprint density at radius 3 is 2.64 bits per heavy atom. The van der Waals surface area contributed by atoms with E-state index in [-0.39, 0.29) is 5.04 Å². The zero-order valence-corrected chi connectivity index (χ0v) is 15.8. The van der Waals surface area contributed by atoms with Gasteiger partial charge in [0.05, 0.1) is 11.1 Å². The first-order valence-electron chi connectivity index (χ1n) is 7.54. The molecule has 0 amide bonds. The van der Waals surface area contributed by atoms with E-state index in [1.165, 1.54) is 0 Å². The summed E-state index contributed by atoms with van der Waals surface area (Å²) < 4.78 is 6.31. The Balaban J connectivity index is 2.13. The first kappa shape index (κ1) is 17.2. The van der Waals surface area contributed by atoms with Crippen molar-refractivity contribution in [3.05, 3.63) is 46.4 Å². The highest BCUT2D eigenvalue weighted by atomic mass is 32.1. The van der Waals surface area contributed by atoms with E-state index in [0.717, 1.165) is 16.3 Å². The minimum Gasteiger partial charge on any atom is -0.543 e. The molecule has 1 heterocycles. The summed E-state index contributed by atoms with van der Waals surface area (Å²) >= 11 is 1.57. The van der Waals surface area contributed by atoms with Gasteiger partial charge >= 0.3 is 0 Å². The van der Waals surface area contributed by atoms with Gasteiger partial charge in [0.1, 0.15) is 5.75 Å². The molecule has 5 heteroatoms. The number of hydrogen-bond donors (Lipinski definition) is 1. The molecule has 0 saturated heterocycles. The van der Waals surface area contributed by atoms with Crippen molar-refractivity contribution in [2.24, 2.45) is 0 Å². The van der Waals surface area contributed by atoms with Gasteiger partial charge in [0.15, 0.2) is 0 Å². The summed E-state index contributed by atoms with van der Waals surface area (Å²) in [6, 6.07) is 7.82. The van der Waals surface area contributed by atoms with Gasteiger partial charge in [-0.3, -0.25) is 0 Å². The lowest BCUT2D eigenvalue weighted by Gasteiger charge is -2.36. The minimum absolute atomic E-state index is 0.155. The van der Waals surface area contributed by atoms with Gasteiger partial charge < -0.3 is 9.53 Å². The molecule has 0 fully saturated rings. The van der Waals surface area contributed by atoms with Crippen molar-refractivity contribution in [1.29, 1.82) is 0 Å². The molecule has 1 N–H and O–H groups in total. The van der Waals surface area contributed by atoms with Crippen LogP contribution in [-0.4, -0.2) is 18.4 Å². The summed E-state index contributed by atoms with van der Waals surface area (Å²) in [6.07, 6.45) is 1.76. The fourth-order valence-corrected chi connectivity index (χ4v) is 3.55. The number of hydrogen-bond acceptors (Lipinski definition) is 4. The molecule has 22 heavy (non-hydrogen) atoms. The highest BCUT2D eigenvalue weighted by Gasteiger charge is 2.39. The molecule has 0 saturated carbocycles. The molecule has 0 aliphatic rings. The standard InChI is InChI=1S/C17H25NO2SSi/c1-17(2,3)22(4,5)20-14-8-6-7-13(11-14)15(19)12-16-18-9-10-21-16/h6-11,15,19H,12H2,1-5H3. The fourth-order valence-electron chi connectivity index (χ4n) is 1.87. The van der Waals surface area contributed by atoms with E-state index < -0.39 is 14.4 Å². The largest absolute Gasteiger partial charge is 0.543 e. The van der Waals surface area contributed by atoms with Crippen molar-refractivity contribution in [3.8, 4) is 5.75 Å². The van der Waals surface area contributed by atoms with Crippen molar-refractivity contribution >= 4 is 19.7 Å². The first-order chi connectivity index (χ1) is 10.2. The third-order valence-electron chi connectivity index (χ3n) is 4.27. The number of aliphatic hydroxyl groups is 1. The van der Waals surface area contributed by atoms with Crippen LogP contribution in [0.15, 0.2) is 35.8 Å². The Labute approximate surface area is 138 Å². The molecule has 1 aromatic carbocycles. The van der Waals surface area contributed by atoms with Crippen LogP contribution in [0.5, 0.6) is 5.75 Å². The molecule has 2 rings (SSSR count). The van der Waals surface area contributed by atoms with Gasteiger partial charge in [-0.25, -0.2) is 4.98 Å². The van der Waals surface area contributed by atoms with Crippen LogP contribution in [-0.2, 0) is 6.42 Å². The van der Waals surface area contributed by atoms with E-state index in [0.29, 0.717) is 6.42 Å². The van der Waals surface area contributed by atoms with Crippen molar-refractivity contribution in [2.75, 3.05) is 0 Å². The average molecular weight is 336 g/mol. The number of thiazole rings is 1. The van der Waals surface area contributed by atoms with Crippen LogP contribution in [0.2, 0.25) is 18.1 Å². The van der Waals surface area contributed by atoms with E-state index in [4.69, 9.17) is 4.43 Å². The fraction of sp³-hybridized carbons (Fsp3) is 0.471. The van der Waals surface area contributed by atoms with E-state index in [2.05, 4.69) is 38.8 Å². The van der Waals surface area contributed by atoms with Crippen LogP contribution in [0.1, 0.15) is 37.4 Å². The average Bonchev–Trinajstić information content (AvgIpc) is 2.90. The minimum atomic E-state index is -1.86. The molecule has 0 aliphatic heterocycles. The molecule has 0 bridgehead atoms. The maximum Gasteiger partial charge on any atom is 0.250 e. The van der Waals surface area contributed by atoms with Crippen LogP contribution < -0.4 is 4.43 Å². The Hall–Kier alpha value is -1.17. The Morgan fingerprint density at radius 2 is 2.05 bits per heavy atom. The van der Waals surface area contributed by atoms with Gasteiger partial charge in [-0.05, 0) is 35.8 Å². The highest BCUT2D eigenvalue weighted by Crippen LogP contribution is 2.37. The first-order valence-corrected chi connectivity index (χ1v) is 11.3. The van der Waals surface area contributed by atoms with Crippen LogP contribution in [0.25, 0.3) is 0 Å². The molecule has 0 radical (unpaired) electrons. The molecule has 120 valence electrons. The second kappa shape index (κ2) is 6.52. The Kier molecular flexibility index (Phi) is 5.09. The van der Waals surface area contributed by atoms with Gasteiger partial charge in [-0.2, -0.15) is 0 Å². The predicted molar refractivity (Wildman–Crippen MR) is 95.0 cm³/mol. The second-order valence-electron chi connectivity index (χ2n) is 7.08. The summed E-state index contributed by atoms with van der Waals surface area (Å²) in [5.74, 6) is 0.849. The van der Waals surface area contributed by atoms with Crippen molar-refractivity contribution < 1.29 is 9.53 Å². The summed E-state index contributed by atoms with van der Waals surface area (Å²) in [5, 5.41) is 13.4. The summed E-state index contributed by atoms with van der Waals surface area (Å²) in [7, 11) is -1.86. The van der Waals surface area contributed by atoms with Gasteiger partial charge in [0.2, 0.25) is 8.32 Å². The maximum atomic E-state index is 10.4. The molecule has 2 aromatic rings. The monoisotopic (exact) mass is 335 g/mol. The Bertz CT molecular complexity index is 605. The molecule has 0 aliphatic carbocycles. The number of aromatic nitrogens is 1. The molecule has 3 nitrogen and oxygen atoms in total. The summed E-state index contributed by atoms with van der Waals surface area (Å²) in [5.41, 5.74) is 0.881. The second-order valence-corrected chi connectivity index (χ2v) is 12.8. The van der Waals surface area contributed by atoms with Crippen LogP contribution in [0.3, 0.4) is 0 Å². The van der Waals surface area contributed by atoms with Crippen molar-refractivity contribution in [2.45, 2.75) is 51.4 Å². The SMILES string of the molecule is CC(C)(C)[Si](C)(C)Oc1cccc(C(O)Cc2nccs2)c1. The number of benzene rings is 1. The highest BCUT2D eigenvalue weighted by molar-refractivity contribution is 7.09. The lowest BCUT2D eigenvalue weighted by Crippen LogP contribution is -2.43. The molecular weight excluding hydrogens is 310 g/mol.